The van der Waals surface area contributed by atoms with Gasteiger partial charge in [0.1, 0.15) is 13.2 Å². The first-order valence-electron chi connectivity index (χ1n) is 10.0. The first-order valence-corrected chi connectivity index (χ1v) is 12.5. The van der Waals surface area contributed by atoms with Crippen LogP contribution in [-0.4, -0.2) is 89.0 Å². The highest BCUT2D eigenvalue weighted by molar-refractivity contribution is 8.76. The van der Waals surface area contributed by atoms with Crippen molar-refractivity contribution in [2.24, 2.45) is 0 Å². The van der Waals surface area contributed by atoms with Crippen LogP contribution in [0.25, 0.3) is 0 Å². The Hall–Kier alpha value is -0.520. The Labute approximate surface area is 177 Å². The summed E-state index contributed by atoms with van der Waals surface area (Å²) in [7, 11) is 3.22. The molecule has 0 aromatic carbocycles. The molecule has 0 rings (SSSR count). The van der Waals surface area contributed by atoms with Crippen molar-refractivity contribution >= 4 is 33.5 Å². The van der Waals surface area contributed by atoms with E-state index in [1.807, 2.05) is 0 Å². The van der Waals surface area contributed by atoms with Gasteiger partial charge in [-0.2, -0.15) is 0 Å². The third-order valence-corrected chi connectivity index (χ3v) is 5.69. The van der Waals surface area contributed by atoms with Gasteiger partial charge in [-0.1, -0.05) is 28.5 Å². The lowest BCUT2D eigenvalue weighted by molar-refractivity contribution is -0.143. The van der Waals surface area contributed by atoms with Crippen LogP contribution in [0.15, 0.2) is 0 Å². The highest BCUT2D eigenvalue weighted by Crippen LogP contribution is 2.20. The normalized spacial score (nSPS) is 10.8. The molecule has 0 atom stereocenters. The van der Waals surface area contributed by atoms with E-state index in [-0.39, 0.29) is 11.9 Å². The van der Waals surface area contributed by atoms with Crippen molar-refractivity contribution in [2.75, 3.05) is 77.1 Å². The molecule has 0 aromatic rings. The minimum atomic E-state index is -0.258. The van der Waals surface area contributed by atoms with Gasteiger partial charge in [-0.25, -0.2) is 0 Å². The molecule has 0 unspecified atom stereocenters. The number of nitrogens with one attached hydrogen (secondary N) is 4. The molecule has 4 N–H and O–H groups in total. The van der Waals surface area contributed by atoms with Gasteiger partial charge in [-0.15, -0.1) is 0 Å². The summed E-state index contributed by atoms with van der Waals surface area (Å²) in [5.41, 5.74) is 0. The Morgan fingerprint density at radius 2 is 1.18 bits per heavy atom. The number of hydrogen-bond donors (Lipinski definition) is 4. The van der Waals surface area contributed by atoms with E-state index < -0.39 is 0 Å². The van der Waals surface area contributed by atoms with Gasteiger partial charge >= 0.3 is 11.9 Å². The molecule has 0 radical (unpaired) electrons. The first-order chi connectivity index (χ1) is 13.7. The van der Waals surface area contributed by atoms with Crippen molar-refractivity contribution in [2.45, 2.75) is 26.7 Å². The average Bonchev–Trinajstić information content (AvgIpc) is 2.67. The second-order valence-corrected chi connectivity index (χ2v) is 8.66. The van der Waals surface area contributed by atoms with Crippen molar-refractivity contribution in [3.8, 4) is 0 Å². The largest absolute Gasteiger partial charge is 0.465 e. The summed E-state index contributed by atoms with van der Waals surface area (Å²) in [5, 5.41) is 13.3. The highest BCUT2D eigenvalue weighted by atomic mass is 33.1. The lowest BCUT2D eigenvalue weighted by atomic mass is 10.4. The number of ether oxygens (including phenoxy) is 2. The van der Waals surface area contributed by atoms with Crippen molar-refractivity contribution in [1.29, 1.82) is 0 Å². The van der Waals surface area contributed by atoms with Gasteiger partial charge in [0, 0.05) is 64.2 Å². The molecule has 0 saturated carbocycles. The zero-order valence-electron chi connectivity index (χ0n) is 17.3. The topological polar surface area (TPSA) is 101 Å². The lowest BCUT2D eigenvalue weighted by Gasteiger charge is -2.08. The molecule has 8 nitrogen and oxygen atoms in total. The molecular formula is C18H38N4O4S2. The van der Waals surface area contributed by atoms with Crippen molar-refractivity contribution < 1.29 is 19.1 Å². The Morgan fingerprint density at radius 3 is 1.68 bits per heavy atom. The number of hydrogen-bond acceptors (Lipinski definition) is 10. The van der Waals surface area contributed by atoms with Crippen LogP contribution in [0.4, 0.5) is 0 Å². The summed E-state index contributed by atoms with van der Waals surface area (Å²) in [6.45, 7) is 11.7. The van der Waals surface area contributed by atoms with E-state index in [0.29, 0.717) is 26.2 Å². The molecule has 0 spiro atoms. The number of carbonyl (C=O) groups excluding carboxylic acids is 2. The van der Waals surface area contributed by atoms with Crippen LogP contribution in [0.1, 0.15) is 26.7 Å². The molecule has 0 aromatic heterocycles. The Bertz CT molecular complexity index is 379. The minimum absolute atomic E-state index is 0.174. The quantitative estimate of drug-likeness (QED) is 0.116. The molecule has 0 fully saturated rings. The van der Waals surface area contributed by atoms with Crippen LogP contribution in [0.2, 0.25) is 0 Å². The first kappa shape index (κ1) is 27.5. The molecule has 0 amide bonds. The molecular weight excluding hydrogens is 400 g/mol. The van der Waals surface area contributed by atoms with Crippen LogP contribution in [0.5, 0.6) is 0 Å². The van der Waals surface area contributed by atoms with Crippen LogP contribution in [-0.2, 0) is 19.1 Å². The van der Waals surface area contributed by atoms with Crippen LogP contribution < -0.4 is 21.3 Å². The van der Waals surface area contributed by atoms with Crippen LogP contribution in [0, 0.1) is 0 Å². The monoisotopic (exact) mass is 438 g/mol. The van der Waals surface area contributed by atoms with E-state index in [2.05, 4.69) is 28.2 Å². The SMILES string of the molecule is CCCNCCNCCNCCNCCC(=O)OCCSSCCOC(C)=O. The third kappa shape index (κ3) is 23.5. The standard InChI is InChI=1S/C18H38N4O4S2/c1-3-5-19-7-9-21-11-12-22-10-8-20-6-4-18(24)26-14-16-28-27-15-13-25-17(2)23/h19-22H,3-16H2,1-2H3. The predicted molar refractivity (Wildman–Crippen MR) is 119 cm³/mol. The van der Waals surface area contributed by atoms with Gasteiger partial charge in [0.2, 0.25) is 0 Å². The average molecular weight is 439 g/mol. The van der Waals surface area contributed by atoms with Gasteiger partial charge < -0.3 is 30.7 Å². The second-order valence-electron chi connectivity index (χ2n) is 5.95. The van der Waals surface area contributed by atoms with E-state index in [1.165, 1.54) is 13.3 Å². The third-order valence-electron chi connectivity index (χ3n) is 3.35. The zero-order valence-corrected chi connectivity index (χ0v) is 19.0. The number of esters is 2. The number of carbonyl (C=O) groups is 2. The molecule has 0 saturated heterocycles. The maximum Gasteiger partial charge on any atom is 0.307 e. The fourth-order valence-electron chi connectivity index (χ4n) is 2.00. The second kappa shape index (κ2) is 22.8. The smallest absolute Gasteiger partial charge is 0.307 e. The van der Waals surface area contributed by atoms with Crippen molar-refractivity contribution in [3.05, 3.63) is 0 Å². The maximum atomic E-state index is 11.6. The molecule has 0 aliphatic carbocycles. The van der Waals surface area contributed by atoms with Gasteiger partial charge in [0.25, 0.3) is 0 Å². The van der Waals surface area contributed by atoms with Crippen LogP contribution in [0.3, 0.4) is 0 Å². The number of rotatable bonds is 21. The van der Waals surface area contributed by atoms with Gasteiger partial charge in [0.05, 0.1) is 6.42 Å². The van der Waals surface area contributed by atoms with E-state index in [1.54, 1.807) is 21.6 Å². The molecule has 0 aliphatic heterocycles. The maximum absolute atomic E-state index is 11.6. The zero-order chi connectivity index (χ0) is 20.7. The Kier molecular flexibility index (Phi) is 22.3. The van der Waals surface area contributed by atoms with Gasteiger partial charge in [0.15, 0.2) is 0 Å². The van der Waals surface area contributed by atoms with Crippen molar-refractivity contribution in [1.82, 2.24) is 21.3 Å². The summed E-state index contributed by atoms with van der Waals surface area (Å²) in [6.07, 6.45) is 1.56. The van der Waals surface area contributed by atoms with Gasteiger partial charge in [-0.3, -0.25) is 9.59 Å². The molecule has 166 valence electrons. The molecule has 0 aliphatic rings. The lowest BCUT2D eigenvalue weighted by Crippen LogP contribution is -2.35. The predicted octanol–water partition coefficient (Wildman–Crippen LogP) is 0.633. The Morgan fingerprint density at radius 1 is 0.714 bits per heavy atom. The molecule has 28 heavy (non-hydrogen) atoms. The van der Waals surface area contributed by atoms with Crippen LogP contribution >= 0.6 is 21.6 Å². The van der Waals surface area contributed by atoms with Gasteiger partial charge in [-0.05, 0) is 13.0 Å². The molecule has 0 bridgehead atoms. The summed E-state index contributed by atoms with van der Waals surface area (Å²) in [6, 6.07) is 0. The highest BCUT2D eigenvalue weighted by Gasteiger charge is 2.02. The van der Waals surface area contributed by atoms with E-state index in [9.17, 15) is 9.59 Å². The summed E-state index contributed by atoms with van der Waals surface area (Å²) in [4.78, 5) is 22.2. The van der Waals surface area contributed by atoms with E-state index >= 15 is 0 Å². The fourth-order valence-corrected chi connectivity index (χ4v) is 3.65. The molecule has 0 heterocycles. The fraction of sp³-hybridized carbons (Fsp3) is 0.889. The van der Waals surface area contributed by atoms with E-state index in [4.69, 9.17) is 9.47 Å². The molecule has 10 heteroatoms. The minimum Gasteiger partial charge on any atom is -0.465 e. The Balaban J connectivity index is 3.16. The summed E-state index contributed by atoms with van der Waals surface area (Å²) >= 11 is 0. The summed E-state index contributed by atoms with van der Waals surface area (Å²) < 4.78 is 9.99. The van der Waals surface area contributed by atoms with Crippen molar-refractivity contribution in [3.63, 3.8) is 0 Å². The van der Waals surface area contributed by atoms with E-state index in [0.717, 1.165) is 57.3 Å². The summed E-state index contributed by atoms with van der Waals surface area (Å²) in [5.74, 6) is 1.04.